The molecule has 0 saturated heterocycles. The lowest BCUT2D eigenvalue weighted by Crippen LogP contribution is -2.70. The lowest BCUT2D eigenvalue weighted by molar-refractivity contribution is 0.301. The van der Waals surface area contributed by atoms with Crippen molar-refractivity contribution in [3.63, 3.8) is 0 Å². The van der Waals surface area contributed by atoms with Crippen LogP contribution < -0.4 is 10.6 Å². The SMILES string of the molecule is CC1(C)CN[C@]2(C)CC3=NC(C)(C)CN[C@@]3(C)CC2=N1. The Kier molecular flexibility index (Phi) is 2.78. The first-order chi connectivity index (χ1) is 9.04. The molecule has 0 radical (unpaired) electrons. The minimum Gasteiger partial charge on any atom is -0.304 e. The highest BCUT2D eigenvalue weighted by atomic mass is 15.2. The van der Waals surface area contributed by atoms with Gasteiger partial charge in [0.05, 0.1) is 22.2 Å². The van der Waals surface area contributed by atoms with Crippen LogP contribution in [0.1, 0.15) is 54.4 Å². The summed E-state index contributed by atoms with van der Waals surface area (Å²) in [5.41, 5.74) is 2.61. The van der Waals surface area contributed by atoms with E-state index in [2.05, 4.69) is 52.2 Å². The first-order valence-corrected chi connectivity index (χ1v) is 7.72. The van der Waals surface area contributed by atoms with Gasteiger partial charge < -0.3 is 10.6 Å². The Balaban J connectivity index is 2.02. The largest absolute Gasteiger partial charge is 0.304 e. The molecule has 1 fully saturated rings. The Morgan fingerprint density at radius 1 is 0.700 bits per heavy atom. The average Bonchev–Trinajstić information content (AvgIpc) is 2.29. The van der Waals surface area contributed by atoms with Crippen molar-refractivity contribution in [2.75, 3.05) is 13.1 Å². The van der Waals surface area contributed by atoms with Gasteiger partial charge in [0.15, 0.2) is 0 Å². The molecule has 0 aromatic carbocycles. The minimum atomic E-state index is -0.0109. The van der Waals surface area contributed by atoms with Gasteiger partial charge in [-0.25, -0.2) is 0 Å². The quantitative estimate of drug-likeness (QED) is 0.710. The van der Waals surface area contributed by atoms with E-state index in [4.69, 9.17) is 9.98 Å². The van der Waals surface area contributed by atoms with E-state index in [1.807, 2.05) is 0 Å². The molecule has 1 saturated carbocycles. The predicted octanol–water partition coefficient (Wildman–Crippen LogP) is 1.94. The first kappa shape index (κ1) is 14.2. The fourth-order valence-corrected chi connectivity index (χ4v) is 3.55. The van der Waals surface area contributed by atoms with Gasteiger partial charge in [0.25, 0.3) is 0 Å². The maximum Gasteiger partial charge on any atom is 0.0676 e. The highest BCUT2D eigenvalue weighted by molar-refractivity contribution is 6.10. The molecule has 1 aliphatic carbocycles. The summed E-state index contributed by atoms with van der Waals surface area (Å²) in [5, 5.41) is 7.45. The summed E-state index contributed by atoms with van der Waals surface area (Å²) in [7, 11) is 0. The first-order valence-electron chi connectivity index (χ1n) is 7.72. The van der Waals surface area contributed by atoms with Crippen molar-refractivity contribution in [3.8, 4) is 0 Å². The maximum absolute atomic E-state index is 5.04. The normalized spacial score (nSPS) is 42.1. The zero-order chi connectivity index (χ0) is 14.8. The molecule has 3 rings (SSSR count). The van der Waals surface area contributed by atoms with Crippen LogP contribution >= 0.6 is 0 Å². The third kappa shape index (κ3) is 2.23. The lowest BCUT2D eigenvalue weighted by Gasteiger charge is -2.52. The van der Waals surface area contributed by atoms with E-state index in [-0.39, 0.29) is 22.2 Å². The molecule has 0 aromatic heterocycles. The second kappa shape index (κ2) is 3.92. The number of aliphatic imine (C=N–C) groups is 2. The van der Waals surface area contributed by atoms with Crippen molar-refractivity contribution < 1.29 is 0 Å². The number of hydrogen-bond donors (Lipinski definition) is 2. The van der Waals surface area contributed by atoms with E-state index in [0.29, 0.717) is 0 Å². The van der Waals surface area contributed by atoms with Crippen LogP contribution in [0, 0.1) is 0 Å². The van der Waals surface area contributed by atoms with Crippen LogP contribution in [0.3, 0.4) is 0 Å². The molecule has 4 heteroatoms. The molecular weight excluding hydrogens is 248 g/mol. The molecular formula is C16H28N4. The summed E-state index contributed by atoms with van der Waals surface area (Å²) in [5.74, 6) is 0. The van der Waals surface area contributed by atoms with Gasteiger partial charge in [0, 0.05) is 37.4 Å². The summed E-state index contributed by atoms with van der Waals surface area (Å²) in [6, 6.07) is 0. The topological polar surface area (TPSA) is 48.8 Å². The van der Waals surface area contributed by atoms with E-state index < -0.39 is 0 Å². The average molecular weight is 276 g/mol. The fourth-order valence-electron chi connectivity index (χ4n) is 3.55. The zero-order valence-corrected chi connectivity index (χ0v) is 13.7. The van der Waals surface area contributed by atoms with Crippen LogP contribution in [0.2, 0.25) is 0 Å². The molecule has 2 aliphatic heterocycles. The summed E-state index contributed by atoms with van der Waals surface area (Å²) in [6.45, 7) is 15.3. The standard InChI is InChI=1S/C16H28N4/c1-13(2)9-17-15(5)8-12-16(6,7-11(15)19-13)18-10-14(3,4)20-12/h17-18H,7-10H2,1-6H3/t15-,16+. The van der Waals surface area contributed by atoms with Crippen molar-refractivity contribution in [2.45, 2.75) is 76.5 Å². The minimum absolute atomic E-state index is 0.00773. The van der Waals surface area contributed by atoms with Crippen molar-refractivity contribution in [2.24, 2.45) is 9.98 Å². The second-order valence-corrected chi connectivity index (χ2v) is 8.47. The lowest BCUT2D eigenvalue weighted by atomic mass is 9.68. The highest BCUT2D eigenvalue weighted by Crippen LogP contribution is 2.37. The Bertz CT molecular complexity index is 457. The van der Waals surface area contributed by atoms with E-state index >= 15 is 0 Å². The number of nitrogens with zero attached hydrogens (tertiary/aromatic N) is 2. The molecule has 2 N–H and O–H groups in total. The number of rotatable bonds is 0. The molecule has 2 heterocycles. The predicted molar refractivity (Wildman–Crippen MR) is 85.1 cm³/mol. The Hall–Kier alpha value is -0.740. The van der Waals surface area contributed by atoms with Crippen LogP contribution in [-0.4, -0.2) is 46.7 Å². The third-order valence-electron chi connectivity index (χ3n) is 5.01. The Morgan fingerprint density at radius 3 is 1.40 bits per heavy atom. The number of hydrogen-bond acceptors (Lipinski definition) is 4. The zero-order valence-electron chi connectivity index (χ0n) is 13.7. The fraction of sp³-hybridized carbons (Fsp3) is 0.875. The summed E-state index contributed by atoms with van der Waals surface area (Å²) >= 11 is 0. The van der Waals surface area contributed by atoms with Crippen molar-refractivity contribution >= 4 is 11.4 Å². The van der Waals surface area contributed by atoms with E-state index in [0.717, 1.165) is 25.9 Å². The Morgan fingerprint density at radius 2 is 1.05 bits per heavy atom. The molecule has 3 aliphatic rings. The van der Waals surface area contributed by atoms with Gasteiger partial charge in [-0.2, -0.15) is 0 Å². The van der Waals surface area contributed by atoms with Crippen molar-refractivity contribution in [1.82, 2.24) is 10.6 Å². The molecule has 0 unspecified atom stereocenters. The van der Waals surface area contributed by atoms with E-state index in [1.54, 1.807) is 0 Å². The molecule has 0 amide bonds. The van der Waals surface area contributed by atoms with Crippen LogP contribution in [0.25, 0.3) is 0 Å². The molecule has 4 nitrogen and oxygen atoms in total. The molecule has 112 valence electrons. The van der Waals surface area contributed by atoms with Crippen LogP contribution in [0.15, 0.2) is 9.98 Å². The molecule has 0 bridgehead atoms. The summed E-state index contributed by atoms with van der Waals surface area (Å²) < 4.78 is 0. The van der Waals surface area contributed by atoms with Crippen molar-refractivity contribution in [3.05, 3.63) is 0 Å². The van der Waals surface area contributed by atoms with Gasteiger partial charge in [-0.1, -0.05) is 0 Å². The van der Waals surface area contributed by atoms with Crippen LogP contribution in [0.4, 0.5) is 0 Å². The van der Waals surface area contributed by atoms with Gasteiger partial charge in [-0.05, 0) is 41.5 Å². The second-order valence-electron chi connectivity index (χ2n) is 8.47. The van der Waals surface area contributed by atoms with Crippen molar-refractivity contribution in [1.29, 1.82) is 0 Å². The smallest absolute Gasteiger partial charge is 0.0676 e. The number of fused-ring (bicyclic) bond motifs is 2. The van der Waals surface area contributed by atoms with Gasteiger partial charge in [0.2, 0.25) is 0 Å². The number of nitrogens with one attached hydrogen (secondary N) is 2. The monoisotopic (exact) mass is 276 g/mol. The van der Waals surface area contributed by atoms with Crippen LogP contribution in [0.5, 0.6) is 0 Å². The summed E-state index contributed by atoms with van der Waals surface area (Å²) in [6.07, 6.45) is 1.93. The molecule has 0 aromatic rings. The molecule has 20 heavy (non-hydrogen) atoms. The molecule has 2 atom stereocenters. The Labute approximate surface area is 122 Å². The van der Waals surface area contributed by atoms with Gasteiger partial charge >= 0.3 is 0 Å². The van der Waals surface area contributed by atoms with Gasteiger partial charge in [-0.15, -0.1) is 0 Å². The summed E-state index contributed by atoms with van der Waals surface area (Å²) in [4.78, 5) is 10.1. The highest BCUT2D eigenvalue weighted by Gasteiger charge is 2.51. The van der Waals surface area contributed by atoms with Crippen LogP contribution in [-0.2, 0) is 0 Å². The molecule has 0 spiro atoms. The maximum atomic E-state index is 5.04. The van der Waals surface area contributed by atoms with Gasteiger partial charge in [-0.3, -0.25) is 9.98 Å². The third-order valence-corrected chi connectivity index (χ3v) is 5.01. The van der Waals surface area contributed by atoms with Gasteiger partial charge in [0.1, 0.15) is 0 Å². The van der Waals surface area contributed by atoms with E-state index in [9.17, 15) is 0 Å². The van der Waals surface area contributed by atoms with E-state index in [1.165, 1.54) is 11.4 Å².